The molecule has 0 aliphatic heterocycles. The van der Waals surface area contributed by atoms with Gasteiger partial charge in [0, 0.05) is 25.1 Å². The third-order valence-electron chi connectivity index (χ3n) is 4.12. The average molecular weight is 397 g/mol. The normalized spacial score (nSPS) is 12.8. The van der Waals surface area contributed by atoms with Crippen molar-refractivity contribution in [3.63, 3.8) is 0 Å². The van der Waals surface area contributed by atoms with Gasteiger partial charge in [-0.15, -0.1) is 0 Å². The predicted molar refractivity (Wildman–Crippen MR) is 94.9 cm³/mol. The standard InChI is InChI=1S/C18H16ClF3N4O/c1-11(12-5-7-13(8-6-12)26-9-3-4-10-26)23-17(27)15-14(19)16(18(20,21)22)25(2)24-15/h3-11H,1-2H3,(H,23,27). The number of rotatable bonds is 4. The highest BCUT2D eigenvalue weighted by Gasteiger charge is 2.40. The molecule has 0 aliphatic carbocycles. The van der Waals surface area contributed by atoms with Crippen LogP contribution in [0.4, 0.5) is 13.2 Å². The molecule has 142 valence electrons. The summed E-state index contributed by atoms with van der Waals surface area (Å²) in [5.41, 5.74) is 0.132. The summed E-state index contributed by atoms with van der Waals surface area (Å²) in [7, 11) is 1.09. The Hall–Kier alpha value is -2.74. The van der Waals surface area contributed by atoms with Gasteiger partial charge in [0.05, 0.1) is 6.04 Å². The molecule has 9 heteroatoms. The third kappa shape index (κ3) is 3.85. The largest absolute Gasteiger partial charge is 0.434 e. The number of alkyl halides is 3. The van der Waals surface area contributed by atoms with E-state index in [0.717, 1.165) is 18.3 Å². The molecule has 0 fully saturated rings. The van der Waals surface area contributed by atoms with Crippen molar-refractivity contribution in [3.8, 4) is 5.69 Å². The Bertz CT molecular complexity index is 946. The minimum atomic E-state index is -4.70. The van der Waals surface area contributed by atoms with E-state index in [1.165, 1.54) is 0 Å². The number of carbonyl (C=O) groups is 1. The molecular formula is C18H16ClF3N4O. The molecule has 1 N–H and O–H groups in total. The maximum atomic E-state index is 13.0. The van der Waals surface area contributed by atoms with Crippen molar-refractivity contribution in [1.82, 2.24) is 19.7 Å². The number of hydrogen-bond donors (Lipinski definition) is 1. The lowest BCUT2D eigenvalue weighted by Gasteiger charge is -2.14. The maximum absolute atomic E-state index is 13.0. The van der Waals surface area contributed by atoms with E-state index in [0.29, 0.717) is 4.68 Å². The van der Waals surface area contributed by atoms with E-state index < -0.39 is 34.5 Å². The van der Waals surface area contributed by atoms with Gasteiger partial charge >= 0.3 is 6.18 Å². The van der Waals surface area contributed by atoms with E-state index in [1.54, 1.807) is 6.92 Å². The summed E-state index contributed by atoms with van der Waals surface area (Å²) in [4.78, 5) is 12.4. The Morgan fingerprint density at radius 3 is 2.30 bits per heavy atom. The van der Waals surface area contributed by atoms with E-state index in [9.17, 15) is 18.0 Å². The quantitative estimate of drug-likeness (QED) is 0.711. The number of aryl methyl sites for hydroxylation is 1. The van der Waals surface area contributed by atoms with Gasteiger partial charge in [-0.2, -0.15) is 18.3 Å². The number of benzene rings is 1. The molecule has 1 amide bonds. The first kappa shape index (κ1) is 19.0. The first-order valence-corrected chi connectivity index (χ1v) is 8.40. The smallest absolute Gasteiger partial charge is 0.344 e. The summed E-state index contributed by atoms with van der Waals surface area (Å²) in [6.07, 6.45) is -0.889. The summed E-state index contributed by atoms with van der Waals surface area (Å²) in [6, 6.07) is 10.8. The minimum Gasteiger partial charge on any atom is -0.344 e. The molecule has 0 saturated carbocycles. The fraction of sp³-hybridized carbons (Fsp3) is 0.222. The maximum Gasteiger partial charge on any atom is 0.434 e. The van der Waals surface area contributed by atoms with Crippen LogP contribution in [0.1, 0.15) is 34.7 Å². The Morgan fingerprint density at radius 1 is 1.19 bits per heavy atom. The Kier molecular flexibility index (Phi) is 5.01. The van der Waals surface area contributed by atoms with Crippen LogP contribution in [0.15, 0.2) is 48.8 Å². The van der Waals surface area contributed by atoms with Crippen LogP contribution < -0.4 is 5.32 Å². The first-order chi connectivity index (χ1) is 12.7. The van der Waals surface area contributed by atoms with Crippen molar-refractivity contribution in [2.24, 2.45) is 7.05 Å². The lowest BCUT2D eigenvalue weighted by Crippen LogP contribution is -2.27. The van der Waals surface area contributed by atoms with Crippen molar-refractivity contribution < 1.29 is 18.0 Å². The number of aromatic nitrogens is 3. The second kappa shape index (κ2) is 7.11. The summed E-state index contributed by atoms with van der Waals surface area (Å²) in [6.45, 7) is 1.73. The number of halogens is 4. The molecule has 3 aromatic rings. The van der Waals surface area contributed by atoms with Crippen molar-refractivity contribution in [2.45, 2.75) is 19.1 Å². The molecule has 0 radical (unpaired) electrons. The Labute approximate surface area is 158 Å². The number of hydrogen-bond acceptors (Lipinski definition) is 2. The first-order valence-electron chi connectivity index (χ1n) is 8.02. The number of nitrogens with one attached hydrogen (secondary N) is 1. The SMILES string of the molecule is CC(NC(=O)c1nn(C)c(C(F)(F)F)c1Cl)c1ccc(-n2cccc2)cc1. The van der Waals surface area contributed by atoms with E-state index in [2.05, 4.69) is 10.4 Å². The third-order valence-corrected chi connectivity index (χ3v) is 4.47. The molecule has 0 spiro atoms. The topological polar surface area (TPSA) is 51.9 Å². The average Bonchev–Trinajstić information content (AvgIpc) is 3.22. The van der Waals surface area contributed by atoms with E-state index in [4.69, 9.17) is 11.6 Å². The zero-order chi connectivity index (χ0) is 19.8. The van der Waals surface area contributed by atoms with E-state index in [-0.39, 0.29) is 0 Å². The molecule has 1 atom stereocenters. The molecule has 0 bridgehead atoms. The summed E-state index contributed by atoms with van der Waals surface area (Å²) in [5, 5.41) is 5.54. The van der Waals surface area contributed by atoms with Crippen LogP contribution in [-0.2, 0) is 13.2 Å². The molecular weight excluding hydrogens is 381 g/mol. The fourth-order valence-electron chi connectivity index (χ4n) is 2.74. The Morgan fingerprint density at radius 2 is 1.78 bits per heavy atom. The zero-order valence-corrected chi connectivity index (χ0v) is 15.2. The van der Waals surface area contributed by atoms with Crippen molar-refractivity contribution in [1.29, 1.82) is 0 Å². The molecule has 27 heavy (non-hydrogen) atoms. The summed E-state index contributed by atoms with van der Waals surface area (Å²) < 4.78 is 41.5. The minimum absolute atomic E-state index is 0.441. The van der Waals surface area contributed by atoms with Crippen LogP contribution in [0.25, 0.3) is 5.69 Å². The van der Waals surface area contributed by atoms with Gasteiger partial charge in [-0.1, -0.05) is 23.7 Å². The van der Waals surface area contributed by atoms with Gasteiger partial charge in [0.25, 0.3) is 5.91 Å². The highest BCUT2D eigenvalue weighted by molar-refractivity contribution is 6.34. The van der Waals surface area contributed by atoms with Gasteiger partial charge in [-0.25, -0.2) is 0 Å². The Balaban J connectivity index is 1.76. The molecule has 0 saturated heterocycles. The summed E-state index contributed by atoms with van der Waals surface area (Å²) in [5.74, 6) is -0.770. The van der Waals surface area contributed by atoms with Crippen LogP contribution >= 0.6 is 11.6 Å². The second-order valence-corrected chi connectivity index (χ2v) is 6.39. The van der Waals surface area contributed by atoms with Crippen LogP contribution in [0.3, 0.4) is 0 Å². The number of amides is 1. The van der Waals surface area contributed by atoms with Crippen molar-refractivity contribution in [2.75, 3.05) is 0 Å². The number of nitrogens with zero attached hydrogens (tertiary/aromatic N) is 3. The van der Waals surface area contributed by atoms with E-state index >= 15 is 0 Å². The molecule has 2 heterocycles. The lowest BCUT2D eigenvalue weighted by atomic mass is 10.1. The van der Waals surface area contributed by atoms with Gasteiger partial charge in [0.2, 0.25) is 0 Å². The predicted octanol–water partition coefficient (Wildman–Crippen LogP) is 4.37. The zero-order valence-electron chi connectivity index (χ0n) is 14.5. The van der Waals surface area contributed by atoms with Crippen LogP contribution in [0, 0.1) is 0 Å². The summed E-state index contributed by atoms with van der Waals surface area (Å²) >= 11 is 5.75. The monoisotopic (exact) mass is 396 g/mol. The van der Waals surface area contributed by atoms with Gasteiger partial charge < -0.3 is 9.88 Å². The van der Waals surface area contributed by atoms with Crippen LogP contribution in [0.5, 0.6) is 0 Å². The fourth-order valence-corrected chi connectivity index (χ4v) is 3.09. The highest BCUT2D eigenvalue weighted by Crippen LogP contribution is 2.36. The van der Waals surface area contributed by atoms with E-state index in [1.807, 2.05) is 53.4 Å². The molecule has 3 rings (SSSR count). The van der Waals surface area contributed by atoms with Gasteiger partial charge in [-0.3, -0.25) is 9.48 Å². The van der Waals surface area contributed by atoms with Gasteiger partial charge in [0.15, 0.2) is 11.4 Å². The van der Waals surface area contributed by atoms with Crippen LogP contribution in [-0.4, -0.2) is 20.3 Å². The molecule has 1 aromatic carbocycles. The highest BCUT2D eigenvalue weighted by atomic mass is 35.5. The number of carbonyl (C=O) groups excluding carboxylic acids is 1. The molecule has 0 aliphatic rings. The van der Waals surface area contributed by atoms with Crippen molar-refractivity contribution in [3.05, 3.63) is 70.8 Å². The molecule has 5 nitrogen and oxygen atoms in total. The van der Waals surface area contributed by atoms with Gasteiger partial charge in [0.1, 0.15) is 5.02 Å². The van der Waals surface area contributed by atoms with Crippen molar-refractivity contribution >= 4 is 17.5 Å². The van der Waals surface area contributed by atoms with Crippen LogP contribution in [0.2, 0.25) is 5.02 Å². The lowest BCUT2D eigenvalue weighted by molar-refractivity contribution is -0.143. The molecule has 2 aromatic heterocycles. The molecule has 1 unspecified atom stereocenters. The second-order valence-electron chi connectivity index (χ2n) is 6.01. The van der Waals surface area contributed by atoms with Gasteiger partial charge in [-0.05, 0) is 36.8 Å².